The number of allylic oxidation sites excluding steroid dienone is 5. The number of nitrogens with zero attached hydrogens (tertiary/aromatic N) is 8. The van der Waals surface area contributed by atoms with E-state index in [1.54, 1.807) is 0 Å². The second-order valence-electron chi connectivity index (χ2n) is 20.3. The molecular formula is C66H70FeN8+. The van der Waals surface area contributed by atoms with Gasteiger partial charge in [0.05, 0.1) is 22.8 Å². The summed E-state index contributed by atoms with van der Waals surface area (Å²) in [6.07, 6.45) is 8.46. The quantitative estimate of drug-likeness (QED) is 0.154. The predicted molar refractivity (Wildman–Crippen MR) is 315 cm³/mol. The Hall–Kier alpha value is -7.00. The molecule has 1 fully saturated rings. The van der Waals surface area contributed by atoms with E-state index in [-0.39, 0.29) is 17.1 Å². The molecule has 0 saturated carbocycles. The maximum Gasteiger partial charge on any atom is 5.00 e. The van der Waals surface area contributed by atoms with E-state index in [0.29, 0.717) is 0 Å². The third kappa shape index (κ3) is 10.9. The van der Waals surface area contributed by atoms with E-state index in [0.717, 1.165) is 160 Å². The van der Waals surface area contributed by atoms with Crippen LogP contribution >= 0.6 is 0 Å². The van der Waals surface area contributed by atoms with Crippen LogP contribution in [0, 0.1) is 27.7 Å². The van der Waals surface area contributed by atoms with Gasteiger partial charge in [-0.1, -0.05) is 169 Å². The van der Waals surface area contributed by atoms with Gasteiger partial charge in [0.2, 0.25) is 0 Å². The van der Waals surface area contributed by atoms with Crippen molar-refractivity contribution in [1.29, 1.82) is 0 Å². The number of aromatic nitrogens is 4. The third-order valence-electron chi connectivity index (χ3n) is 15.4. The maximum atomic E-state index is 5.68. The van der Waals surface area contributed by atoms with E-state index in [1.807, 2.05) is 26.4 Å². The smallest absolute Gasteiger partial charge is 0.687 e. The van der Waals surface area contributed by atoms with Crippen molar-refractivity contribution in [2.75, 3.05) is 47.8 Å². The van der Waals surface area contributed by atoms with Crippen LogP contribution in [0.3, 0.4) is 0 Å². The molecule has 8 bridgehead atoms. The number of hydrogen-bond acceptors (Lipinski definition) is 4. The molecule has 1 saturated heterocycles. The van der Waals surface area contributed by atoms with Crippen LogP contribution in [-0.4, -0.2) is 73.6 Å². The van der Waals surface area contributed by atoms with E-state index >= 15 is 0 Å². The van der Waals surface area contributed by atoms with Gasteiger partial charge < -0.3 is 30.4 Å². The van der Waals surface area contributed by atoms with Crippen LogP contribution in [0.25, 0.3) is 99.5 Å². The number of rotatable bonds is 6. The summed E-state index contributed by atoms with van der Waals surface area (Å²) in [6.45, 7) is 20.6. The Morgan fingerprint density at radius 1 is 0.440 bits per heavy atom. The molecule has 11 rings (SSSR count). The number of benzene rings is 4. The van der Waals surface area contributed by atoms with Crippen molar-refractivity contribution in [3.8, 4) is 44.5 Å². The summed E-state index contributed by atoms with van der Waals surface area (Å²) >= 11 is 0. The van der Waals surface area contributed by atoms with Crippen molar-refractivity contribution >= 4 is 44.4 Å². The molecular weight excluding hydrogens is 961 g/mol. The first kappa shape index (κ1) is 54.3. The van der Waals surface area contributed by atoms with E-state index in [2.05, 4.69) is 217 Å². The van der Waals surface area contributed by atoms with Gasteiger partial charge in [-0.05, 0) is 136 Å². The zero-order chi connectivity index (χ0) is 52.2. The molecule has 0 spiro atoms. The fourth-order valence-electron chi connectivity index (χ4n) is 10.4. The molecule has 0 atom stereocenters. The number of piperidine rings is 1. The Bertz CT molecular complexity index is 3080. The first-order valence-electron chi connectivity index (χ1n) is 26.0. The third-order valence-corrected chi connectivity index (χ3v) is 15.4. The second kappa shape index (κ2) is 23.7. The van der Waals surface area contributed by atoms with Crippen molar-refractivity contribution in [2.24, 2.45) is 0 Å². The maximum absolute atomic E-state index is 5.68. The van der Waals surface area contributed by atoms with Gasteiger partial charge in [0.15, 0.2) is 0 Å². The molecule has 3 aromatic heterocycles. The fraction of sp³-hybridized carbons (Fsp3) is 0.273. The summed E-state index contributed by atoms with van der Waals surface area (Å²) in [5, 5.41) is 8.31. The molecule has 8 nitrogen and oxygen atoms in total. The number of aryl methyl sites for hydroxylation is 4. The van der Waals surface area contributed by atoms with Crippen LogP contribution in [0.15, 0.2) is 145 Å². The van der Waals surface area contributed by atoms with E-state index in [9.17, 15) is 0 Å². The Labute approximate surface area is 456 Å². The number of fused-ring (bicyclic) bond motifs is 8. The van der Waals surface area contributed by atoms with Gasteiger partial charge in [-0.25, -0.2) is 9.97 Å². The van der Waals surface area contributed by atoms with Crippen molar-refractivity contribution < 1.29 is 17.1 Å². The summed E-state index contributed by atoms with van der Waals surface area (Å²) in [6, 6.07) is 43.4. The second-order valence-corrected chi connectivity index (χ2v) is 20.3. The summed E-state index contributed by atoms with van der Waals surface area (Å²) in [7, 11) is 8.36. The first-order chi connectivity index (χ1) is 35.8. The molecule has 381 valence electrons. The molecule has 1 radical (unpaired) electrons. The Morgan fingerprint density at radius 2 is 0.747 bits per heavy atom. The summed E-state index contributed by atoms with van der Waals surface area (Å²) in [5.41, 5.74) is 26.3. The van der Waals surface area contributed by atoms with E-state index in [4.69, 9.17) is 19.9 Å². The molecule has 9 heteroatoms. The molecule has 0 N–H and O–H groups in total. The van der Waals surface area contributed by atoms with E-state index < -0.39 is 0 Å². The van der Waals surface area contributed by atoms with Gasteiger partial charge in [-0.2, -0.15) is 6.20 Å². The minimum absolute atomic E-state index is 0. The molecule has 0 amide bonds. The summed E-state index contributed by atoms with van der Waals surface area (Å²) in [4.78, 5) is 27.1. The molecule has 7 heterocycles. The predicted octanol–water partition coefficient (Wildman–Crippen LogP) is 15.8. The van der Waals surface area contributed by atoms with Crippen LogP contribution in [0.5, 0.6) is 0 Å². The SMILES string of the molecule is CC1=C(C)c2nc1c(-c1ccccc1)c1[n-]c(c(C)c1C)c(-c1ccccc1)c1nc(c(-c3ccccc3)c3[n-]c(c(C)c3C)c2-c2ccccc2)C(C)=C1C.CN(C)C1=CC[N-]C=C1.CN(C)C1CC[N-]CC1.[Fe+5]. The van der Waals surface area contributed by atoms with Crippen LogP contribution in [0.2, 0.25) is 0 Å². The molecule has 4 aliphatic rings. The van der Waals surface area contributed by atoms with Crippen molar-refractivity contribution in [2.45, 2.75) is 74.3 Å². The zero-order valence-corrected chi connectivity index (χ0v) is 46.9. The van der Waals surface area contributed by atoms with Crippen LogP contribution < -0.4 is 9.97 Å². The largest absolute Gasteiger partial charge is 5.00 e. The van der Waals surface area contributed by atoms with Gasteiger partial charge in [-0.15, -0.1) is 41.7 Å². The Balaban J connectivity index is 0.000000332. The first-order valence-corrected chi connectivity index (χ1v) is 26.0. The molecule has 4 aromatic carbocycles. The topological polar surface area (TPSA) is 88.7 Å². The van der Waals surface area contributed by atoms with Crippen LogP contribution in [0.1, 0.15) is 85.6 Å². The van der Waals surface area contributed by atoms with Gasteiger partial charge in [0, 0.05) is 25.8 Å². The normalized spacial score (nSPS) is 14.3. The average molecular weight is 1030 g/mol. The molecule has 75 heavy (non-hydrogen) atoms. The Morgan fingerprint density at radius 3 is 0.973 bits per heavy atom. The van der Waals surface area contributed by atoms with Crippen LogP contribution in [0.4, 0.5) is 0 Å². The van der Waals surface area contributed by atoms with Crippen LogP contribution in [-0.2, 0) is 17.1 Å². The molecule has 7 aromatic rings. The van der Waals surface area contributed by atoms with E-state index in [1.165, 1.54) is 18.5 Å². The van der Waals surface area contributed by atoms with Crippen molar-refractivity contribution in [3.63, 3.8) is 0 Å². The average Bonchev–Trinajstić information content (AvgIpc) is 4.09. The van der Waals surface area contributed by atoms with Gasteiger partial charge in [-0.3, -0.25) is 0 Å². The Kier molecular flexibility index (Phi) is 17.1. The molecule has 0 unspecified atom stereocenters. The summed E-state index contributed by atoms with van der Waals surface area (Å²) in [5.74, 6) is 0. The fourth-order valence-corrected chi connectivity index (χ4v) is 10.4. The van der Waals surface area contributed by atoms with Gasteiger partial charge in [0.1, 0.15) is 0 Å². The zero-order valence-electron chi connectivity index (χ0n) is 45.8. The molecule has 4 aliphatic heterocycles. The standard InChI is InChI=1S/C52H44N4.C7H15N2.C7H11N2.Fe/c1-29-30(2)46-42(38-23-15-10-16-24-38)48-33(5)34(6)50(55-48)44(40-27-19-12-20-28-40)52-36(8)35(7)51(56-52)43(39-25-17-11-18-26-39)49-32(4)31(3)47(54-49)41(45(29)53-46)37-21-13-9-14-22-37;2*1-9(2)7-3-5-8-6-4-7;/h9-28H,1-8H3;7H,3-6H2,1-2H3;3-5H,6H2,1-2H3;/q-2;2*-1;+5. The minimum atomic E-state index is 0. The van der Waals surface area contributed by atoms with Crippen molar-refractivity contribution in [1.82, 2.24) is 29.7 Å². The van der Waals surface area contributed by atoms with Crippen molar-refractivity contribution in [3.05, 3.63) is 201 Å². The minimum Gasteiger partial charge on any atom is -0.687 e. The van der Waals surface area contributed by atoms with Gasteiger partial charge >= 0.3 is 17.1 Å². The monoisotopic (exact) mass is 1030 g/mol. The molecule has 0 aliphatic carbocycles. The number of likely N-dealkylation sites (N-methyl/N-ethyl adjacent to an activating group) is 1. The van der Waals surface area contributed by atoms with Gasteiger partial charge in [0.25, 0.3) is 0 Å². The summed E-state index contributed by atoms with van der Waals surface area (Å²) < 4.78 is 0. The number of hydrogen-bond donors (Lipinski definition) is 0.